The molecule has 0 spiro atoms. The van der Waals surface area contributed by atoms with Gasteiger partial charge in [-0.2, -0.15) is 4.39 Å². The summed E-state index contributed by atoms with van der Waals surface area (Å²) in [5, 5.41) is 13.3. The zero-order valence-corrected chi connectivity index (χ0v) is 14.4. The summed E-state index contributed by atoms with van der Waals surface area (Å²) in [6.45, 7) is 4.96. The monoisotopic (exact) mass is 359 g/mol. The molecule has 0 fully saturated rings. The van der Waals surface area contributed by atoms with Crippen molar-refractivity contribution in [3.05, 3.63) is 69.5 Å². The van der Waals surface area contributed by atoms with Gasteiger partial charge in [-0.15, -0.1) is 0 Å². The third-order valence-electron chi connectivity index (χ3n) is 3.85. The second kappa shape index (κ2) is 8.19. The molecular formula is C18H18FN3O4. The largest absolute Gasteiger partial charge is 0.339 e. The third kappa shape index (κ3) is 4.21. The Bertz CT molecular complexity index is 833. The number of hydrogen-bond donors (Lipinski definition) is 1. The van der Waals surface area contributed by atoms with Gasteiger partial charge in [-0.3, -0.25) is 19.7 Å². The topological polar surface area (TPSA) is 92.6 Å². The number of halogens is 1. The van der Waals surface area contributed by atoms with Crippen molar-refractivity contribution in [3.8, 4) is 0 Å². The van der Waals surface area contributed by atoms with Crippen molar-refractivity contribution in [1.82, 2.24) is 4.90 Å². The molecule has 0 aliphatic carbocycles. The zero-order valence-electron chi connectivity index (χ0n) is 14.4. The SMILES string of the molecule is CCN(CC)C(=O)c1ccc(NC(=O)c2ccc(F)c([N+](=O)[O-])c2)cc1. The molecule has 0 aliphatic heterocycles. The lowest BCUT2D eigenvalue weighted by atomic mass is 10.1. The van der Waals surface area contributed by atoms with E-state index in [1.165, 1.54) is 0 Å². The van der Waals surface area contributed by atoms with Gasteiger partial charge >= 0.3 is 5.69 Å². The molecule has 0 saturated heterocycles. The van der Waals surface area contributed by atoms with Crippen LogP contribution in [0.3, 0.4) is 0 Å². The highest BCUT2D eigenvalue weighted by atomic mass is 19.1. The number of anilines is 1. The predicted octanol–water partition coefficient (Wildman–Crippen LogP) is 3.47. The molecule has 0 saturated carbocycles. The van der Waals surface area contributed by atoms with E-state index in [0.717, 1.165) is 18.2 Å². The number of hydrogen-bond acceptors (Lipinski definition) is 4. The van der Waals surface area contributed by atoms with E-state index in [1.54, 1.807) is 29.2 Å². The molecule has 1 N–H and O–H groups in total. The van der Waals surface area contributed by atoms with Crippen LogP contribution in [-0.2, 0) is 0 Å². The standard InChI is InChI=1S/C18H18FN3O4/c1-3-21(4-2)18(24)12-5-8-14(9-6-12)20-17(23)13-7-10-15(19)16(11-13)22(25)26/h5-11H,3-4H2,1-2H3,(H,20,23). The van der Waals surface area contributed by atoms with Crippen LogP contribution in [0.2, 0.25) is 0 Å². The lowest BCUT2D eigenvalue weighted by Crippen LogP contribution is -2.30. The Hall–Kier alpha value is -3.29. The summed E-state index contributed by atoms with van der Waals surface area (Å²) in [5.41, 5.74) is 0.0985. The number of nitro groups is 1. The molecule has 2 rings (SSSR count). The highest BCUT2D eigenvalue weighted by Crippen LogP contribution is 2.20. The van der Waals surface area contributed by atoms with Gasteiger partial charge in [-0.1, -0.05) is 0 Å². The first-order chi connectivity index (χ1) is 12.4. The normalized spacial score (nSPS) is 10.3. The summed E-state index contributed by atoms with van der Waals surface area (Å²) in [4.78, 5) is 36.0. The number of nitrogens with zero attached hydrogens (tertiary/aromatic N) is 2. The Morgan fingerprint density at radius 2 is 1.65 bits per heavy atom. The Balaban J connectivity index is 2.14. The highest BCUT2D eigenvalue weighted by molar-refractivity contribution is 6.05. The van der Waals surface area contributed by atoms with E-state index in [0.29, 0.717) is 24.3 Å². The van der Waals surface area contributed by atoms with Crippen LogP contribution < -0.4 is 5.32 Å². The van der Waals surface area contributed by atoms with Crippen LogP contribution in [0.4, 0.5) is 15.8 Å². The van der Waals surface area contributed by atoms with E-state index < -0.39 is 22.3 Å². The second-order valence-electron chi connectivity index (χ2n) is 5.43. The number of amides is 2. The summed E-state index contributed by atoms with van der Waals surface area (Å²) >= 11 is 0. The average molecular weight is 359 g/mol. The first-order valence-corrected chi connectivity index (χ1v) is 8.02. The Labute approximate surface area is 149 Å². The minimum absolute atomic E-state index is 0.0404. The summed E-state index contributed by atoms with van der Waals surface area (Å²) in [5.74, 6) is -1.73. The Kier molecular flexibility index (Phi) is 6.00. The Morgan fingerprint density at radius 1 is 1.08 bits per heavy atom. The molecular weight excluding hydrogens is 341 g/mol. The molecule has 136 valence electrons. The van der Waals surface area contributed by atoms with Crippen LogP contribution in [0.1, 0.15) is 34.6 Å². The van der Waals surface area contributed by atoms with Crippen molar-refractivity contribution in [2.45, 2.75) is 13.8 Å². The second-order valence-corrected chi connectivity index (χ2v) is 5.43. The van der Waals surface area contributed by atoms with E-state index in [4.69, 9.17) is 0 Å². The predicted molar refractivity (Wildman–Crippen MR) is 94.7 cm³/mol. The van der Waals surface area contributed by atoms with E-state index >= 15 is 0 Å². The first kappa shape index (κ1) is 19.0. The number of nitro benzene ring substituents is 1. The average Bonchev–Trinajstić information content (AvgIpc) is 2.63. The van der Waals surface area contributed by atoms with Gasteiger partial charge in [0.05, 0.1) is 4.92 Å². The van der Waals surface area contributed by atoms with E-state index in [9.17, 15) is 24.1 Å². The molecule has 8 heteroatoms. The van der Waals surface area contributed by atoms with Crippen LogP contribution >= 0.6 is 0 Å². The van der Waals surface area contributed by atoms with Crippen molar-refractivity contribution < 1.29 is 18.9 Å². The van der Waals surface area contributed by atoms with Crippen molar-refractivity contribution in [2.24, 2.45) is 0 Å². The van der Waals surface area contributed by atoms with Gasteiger partial charge in [0.2, 0.25) is 5.82 Å². The van der Waals surface area contributed by atoms with Gasteiger partial charge < -0.3 is 10.2 Å². The van der Waals surface area contributed by atoms with E-state index in [2.05, 4.69) is 5.32 Å². The molecule has 2 amide bonds. The van der Waals surface area contributed by atoms with Crippen molar-refractivity contribution in [2.75, 3.05) is 18.4 Å². The zero-order chi connectivity index (χ0) is 19.3. The smallest absolute Gasteiger partial charge is 0.305 e. The lowest BCUT2D eigenvalue weighted by molar-refractivity contribution is -0.387. The van der Waals surface area contributed by atoms with Crippen molar-refractivity contribution >= 4 is 23.2 Å². The number of nitrogens with one attached hydrogen (secondary N) is 1. The summed E-state index contributed by atoms with van der Waals surface area (Å²) < 4.78 is 13.3. The molecule has 7 nitrogen and oxygen atoms in total. The van der Waals surface area contributed by atoms with Gasteiger partial charge in [-0.05, 0) is 50.2 Å². The van der Waals surface area contributed by atoms with Gasteiger partial charge in [0.25, 0.3) is 11.8 Å². The number of benzene rings is 2. The molecule has 0 radical (unpaired) electrons. The maximum absolute atomic E-state index is 13.3. The highest BCUT2D eigenvalue weighted by Gasteiger charge is 2.18. The van der Waals surface area contributed by atoms with Gasteiger partial charge in [-0.25, -0.2) is 0 Å². The van der Waals surface area contributed by atoms with Gasteiger partial charge in [0.1, 0.15) is 0 Å². The molecule has 0 aliphatic rings. The van der Waals surface area contributed by atoms with Crippen molar-refractivity contribution in [3.63, 3.8) is 0 Å². The Morgan fingerprint density at radius 3 is 2.19 bits per heavy atom. The number of carbonyl (C=O) groups excluding carboxylic acids is 2. The maximum atomic E-state index is 13.3. The quantitative estimate of drug-likeness (QED) is 0.631. The molecule has 2 aromatic carbocycles. The van der Waals surface area contributed by atoms with Crippen LogP contribution in [0, 0.1) is 15.9 Å². The van der Waals surface area contributed by atoms with E-state index in [-0.39, 0.29) is 11.5 Å². The fourth-order valence-electron chi connectivity index (χ4n) is 2.39. The fraction of sp³-hybridized carbons (Fsp3) is 0.222. The van der Waals surface area contributed by atoms with Crippen molar-refractivity contribution in [1.29, 1.82) is 0 Å². The fourth-order valence-corrected chi connectivity index (χ4v) is 2.39. The minimum atomic E-state index is -1.01. The van der Waals surface area contributed by atoms with Crippen LogP contribution in [0.15, 0.2) is 42.5 Å². The number of rotatable bonds is 6. The molecule has 0 bridgehead atoms. The first-order valence-electron chi connectivity index (χ1n) is 8.02. The van der Waals surface area contributed by atoms with Gasteiger partial charge in [0.15, 0.2) is 0 Å². The molecule has 0 aromatic heterocycles. The molecule has 0 atom stereocenters. The lowest BCUT2D eigenvalue weighted by Gasteiger charge is -2.18. The summed E-state index contributed by atoms with van der Waals surface area (Å²) in [6, 6.07) is 9.21. The third-order valence-corrected chi connectivity index (χ3v) is 3.85. The molecule has 2 aromatic rings. The molecule has 26 heavy (non-hydrogen) atoms. The van der Waals surface area contributed by atoms with Crippen LogP contribution in [-0.4, -0.2) is 34.7 Å². The summed E-state index contributed by atoms with van der Waals surface area (Å²) in [7, 11) is 0. The number of carbonyl (C=O) groups is 2. The van der Waals surface area contributed by atoms with Crippen LogP contribution in [0.5, 0.6) is 0 Å². The van der Waals surface area contributed by atoms with E-state index in [1.807, 2.05) is 13.8 Å². The van der Waals surface area contributed by atoms with Gasteiger partial charge in [0, 0.05) is 36.0 Å². The molecule has 0 unspecified atom stereocenters. The van der Waals surface area contributed by atoms with Crippen LogP contribution in [0.25, 0.3) is 0 Å². The maximum Gasteiger partial charge on any atom is 0.305 e. The summed E-state index contributed by atoms with van der Waals surface area (Å²) in [6.07, 6.45) is 0. The minimum Gasteiger partial charge on any atom is -0.339 e. The molecule has 0 heterocycles.